The van der Waals surface area contributed by atoms with Crippen LogP contribution in [-0.2, 0) is 42.9 Å². The number of ether oxygens (including phenoxy) is 1. The number of unbranched alkanes of at least 4 members (excludes halogenated alkanes) is 3. The van der Waals surface area contributed by atoms with Crippen LogP contribution >= 0.6 is 0 Å². The van der Waals surface area contributed by atoms with Gasteiger partial charge in [0.1, 0.15) is 12.2 Å². The van der Waals surface area contributed by atoms with E-state index in [1.807, 2.05) is 0 Å². The normalized spacial score (nSPS) is 12.8. The van der Waals surface area contributed by atoms with Crippen LogP contribution in [-0.4, -0.2) is 58.9 Å². The van der Waals surface area contributed by atoms with Gasteiger partial charge in [0.2, 0.25) is 0 Å². The molecule has 0 aliphatic carbocycles. The van der Waals surface area contributed by atoms with Gasteiger partial charge in [0, 0.05) is 0 Å². The number of Topliss-reactive ketones (excluding diaryl/α,β-unsaturated/α-hetero) is 1. The fraction of sp³-hybridized carbons (Fsp3) is 0.867. The van der Waals surface area contributed by atoms with Gasteiger partial charge in [-0.15, -0.1) is 0 Å². The molecule has 0 rings (SSSR count). The molecule has 0 fully saturated rings. The van der Waals surface area contributed by atoms with E-state index in [2.05, 4.69) is 8.37 Å². The summed E-state index contributed by atoms with van der Waals surface area (Å²) in [5.74, 6) is -1.66. The lowest BCUT2D eigenvalue weighted by molar-refractivity contribution is -0.157. The van der Waals surface area contributed by atoms with Crippen LogP contribution in [0.1, 0.15) is 53.4 Å². The third-order valence-corrected chi connectivity index (χ3v) is 5.29. The molecule has 0 N–H and O–H groups in total. The first kappa shape index (κ1) is 25.0. The maximum atomic E-state index is 11.7. The fourth-order valence-corrected chi connectivity index (χ4v) is 3.68. The van der Waals surface area contributed by atoms with Gasteiger partial charge in [-0.3, -0.25) is 13.2 Å². The minimum Gasteiger partial charge on any atom is -0.458 e. The molecule has 0 aliphatic rings. The van der Waals surface area contributed by atoms with E-state index in [4.69, 9.17) is 4.74 Å². The summed E-state index contributed by atoms with van der Waals surface area (Å²) in [6, 6.07) is 0. The summed E-state index contributed by atoms with van der Waals surface area (Å²) < 4.78 is 60.3. The zero-order valence-electron chi connectivity index (χ0n) is 15.6. The third kappa shape index (κ3) is 15.2. The lowest BCUT2D eigenvalue weighted by Gasteiger charge is -2.19. The van der Waals surface area contributed by atoms with Gasteiger partial charge >= 0.3 is 5.97 Å². The Morgan fingerprint density at radius 1 is 0.769 bits per heavy atom. The number of carbonyl (C=O) groups excluding carboxylic acids is 2. The van der Waals surface area contributed by atoms with E-state index >= 15 is 0 Å². The van der Waals surface area contributed by atoms with E-state index in [0.717, 1.165) is 0 Å². The van der Waals surface area contributed by atoms with Crippen LogP contribution < -0.4 is 0 Å². The van der Waals surface area contributed by atoms with E-state index in [1.54, 1.807) is 20.8 Å². The van der Waals surface area contributed by atoms with Gasteiger partial charge < -0.3 is 4.74 Å². The quantitative estimate of drug-likeness (QED) is 0.247. The molecular weight excluding hydrogens is 388 g/mol. The molecule has 0 unspecified atom stereocenters. The average Bonchev–Trinajstić information content (AvgIpc) is 2.45. The van der Waals surface area contributed by atoms with Crippen LogP contribution in [0.5, 0.6) is 0 Å². The number of hydrogen-bond acceptors (Lipinski definition) is 9. The number of ketones is 1. The Kier molecular flexibility index (Phi) is 10.5. The molecule has 0 aromatic heterocycles. The Morgan fingerprint density at radius 3 is 1.58 bits per heavy atom. The first-order valence-corrected chi connectivity index (χ1v) is 11.3. The van der Waals surface area contributed by atoms with Crippen LogP contribution in [0.3, 0.4) is 0 Å². The summed E-state index contributed by atoms with van der Waals surface area (Å²) in [5, 5.41) is 0. The SMILES string of the molecule is CC(=O)COS(=O)(=O)CCCCCCS(=O)(=O)OCC(=O)OC(C)(C)C. The largest absolute Gasteiger partial charge is 0.458 e. The summed E-state index contributed by atoms with van der Waals surface area (Å²) in [5.41, 5.74) is -0.724. The van der Waals surface area contributed by atoms with Crippen molar-refractivity contribution in [1.82, 2.24) is 0 Å². The summed E-state index contributed by atoms with van der Waals surface area (Å²) >= 11 is 0. The Hall–Kier alpha value is -1.04. The first-order chi connectivity index (χ1) is 11.7. The van der Waals surface area contributed by atoms with Crippen molar-refractivity contribution in [1.29, 1.82) is 0 Å². The average molecular weight is 417 g/mol. The molecule has 0 heterocycles. The Morgan fingerprint density at radius 2 is 1.19 bits per heavy atom. The predicted octanol–water partition coefficient (Wildman–Crippen LogP) is 1.17. The Labute approximate surface area is 155 Å². The van der Waals surface area contributed by atoms with E-state index in [1.165, 1.54) is 6.92 Å². The Balaban J connectivity index is 3.95. The molecule has 9 nitrogen and oxygen atoms in total. The highest BCUT2D eigenvalue weighted by molar-refractivity contribution is 7.86. The van der Waals surface area contributed by atoms with E-state index < -0.39 is 45.0 Å². The summed E-state index contributed by atoms with van der Waals surface area (Å²) in [6.45, 7) is 5.04. The van der Waals surface area contributed by atoms with Crippen molar-refractivity contribution in [2.24, 2.45) is 0 Å². The van der Waals surface area contributed by atoms with Crippen molar-refractivity contribution in [3.63, 3.8) is 0 Å². The maximum Gasteiger partial charge on any atom is 0.334 e. The van der Waals surface area contributed by atoms with Crippen molar-refractivity contribution < 1.29 is 39.5 Å². The number of esters is 1. The molecule has 0 saturated carbocycles. The highest BCUT2D eigenvalue weighted by atomic mass is 32.2. The number of carbonyl (C=O) groups is 2. The third-order valence-electron chi connectivity index (χ3n) is 2.76. The lowest BCUT2D eigenvalue weighted by Crippen LogP contribution is -2.27. The highest BCUT2D eigenvalue weighted by Crippen LogP contribution is 2.09. The second-order valence-corrected chi connectivity index (χ2v) is 10.3. The minimum atomic E-state index is -3.85. The van der Waals surface area contributed by atoms with Crippen molar-refractivity contribution >= 4 is 32.0 Å². The molecule has 0 aliphatic heterocycles. The zero-order valence-corrected chi connectivity index (χ0v) is 17.3. The van der Waals surface area contributed by atoms with Crippen molar-refractivity contribution in [3.05, 3.63) is 0 Å². The molecule has 0 bridgehead atoms. The predicted molar refractivity (Wildman–Crippen MR) is 94.5 cm³/mol. The monoisotopic (exact) mass is 416 g/mol. The van der Waals surface area contributed by atoms with Gasteiger partial charge in [0.15, 0.2) is 12.4 Å². The molecule has 0 aromatic carbocycles. The molecule has 0 saturated heterocycles. The maximum absolute atomic E-state index is 11.7. The van der Waals surface area contributed by atoms with Crippen LogP contribution in [0.25, 0.3) is 0 Å². The molecule has 26 heavy (non-hydrogen) atoms. The highest BCUT2D eigenvalue weighted by Gasteiger charge is 2.19. The molecule has 0 aromatic rings. The minimum absolute atomic E-state index is 0.234. The summed E-state index contributed by atoms with van der Waals surface area (Å²) in [4.78, 5) is 22.1. The summed E-state index contributed by atoms with van der Waals surface area (Å²) in [7, 11) is -7.59. The van der Waals surface area contributed by atoms with Crippen molar-refractivity contribution in [2.75, 3.05) is 24.7 Å². The topological polar surface area (TPSA) is 130 Å². The van der Waals surface area contributed by atoms with E-state index in [9.17, 15) is 26.4 Å². The van der Waals surface area contributed by atoms with Gasteiger partial charge in [-0.05, 0) is 40.5 Å². The number of hydrogen-bond donors (Lipinski definition) is 0. The molecule has 154 valence electrons. The van der Waals surface area contributed by atoms with Crippen LogP contribution in [0.15, 0.2) is 0 Å². The van der Waals surface area contributed by atoms with Crippen LogP contribution in [0, 0.1) is 0 Å². The van der Waals surface area contributed by atoms with Crippen LogP contribution in [0.2, 0.25) is 0 Å². The molecule has 0 radical (unpaired) electrons. The standard InChI is InChI=1S/C15H28O9S2/c1-13(16)11-22-25(18,19)9-7-5-6-8-10-26(20,21)23-12-14(17)24-15(2,3)4/h5-12H2,1-4H3. The van der Waals surface area contributed by atoms with E-state index in [-0.39, 0.29) is 23.7 Å². The second kappa shape index (κ2) is 11.0. The smallest absolute Gasteiger partial charge is 0.334 e. The summed E-state index contributed by atoms with van der Waals surface area (Å²) in [6.07, 6.45) is 1.51. The first-order valence-electron chi connectivity index (χ1n) is 8.18. The molecular formula is C15H28O9S2. The van der Waals surface area contributed by atoms with Gasteiger partial charge in [-0.2, -0.15) is 16.8 Å². The van der Waals surface area contributed by atoms with Gasteiger partial charge in [0.05, 0.1) is 11.5 Å². The molecule has 0 spiro atoms. The molecule has 11 heteroatoms. The van der Waals surface area contributed by atoms with Gasteiger partial charge in [0.25, 0.3) is 20.2 Å². The number of rotatable bonds is 13. The van der Waals surface area contributed by atoms with Gasteiger partial charge in [-0.25, -0.2) is 4.79 Å². The molecule has 0 atom stereocenters. The van der Waals surface area contributed by atoms with Gasteiger partial charge in [-0.1, -0.05) is 12.8 Å². The molecule has 0 amide bonds. The van der Waals surface area contributed by atoms with Crippen molar-refractivity contribution in [3.8, 4) is 0 Å². The van der Waals surface area contributed by atoms with Crippen molar-refractivity contribution in [2.45, 2.75) is 59.0 Å². The fourth-order valence-electron chi connectivity index (χ4n) is 1.71. The Bertz CT molecular complexity index is 658. The lowest BCUT2D eigenvalue weighted by atomic mass is 10.2. The second-order valence-electron chi connectivity index (χ2n) is 6.75. The zero-order chi connectivity index (χ0) is 20.4. The van der Waals surface area contributed by atoms with E-state index in [0.29, 0.717) is 19.3 Å². The van der Waals surface area contributed by atoms with Crippen LogP contribution in [0.4, 0.5) is 0 Å².